The van der Waals surface area contributed by atoms with Gasteiger partial charge in [-0.05, 0) is 30.3 Å². The Kier molecular flexibility index (Phi) is 8.21. The van der Waals surface area contributed by atoms with Crippen molar-refractivity contribution in [3.63, 3.8) is 0 Å². The third-order valence-corrected chi connectivity index (χ3v) is 5.36. The molecule has 32 heavy (non-hydrogen) atoms. The van der Waals surface area contributed by atoms with E-state index in [0.29, 0.717) is 43.2 Å². The lowest BCUT2D eigenvalue weighted by atomic mass is 10.1. The van der Waals surface area contributed by atoms with E-state index in [2.05, 4.69) is 10.6 Å². The molecule has 0 aliphatic carbocycles. The first-order chi connectivity index (χ1) is 15.5. The van der Waals surface area contributed by atoms with E-state index in [0.717, 1.165) is 18.7 Å². The summed E-state index contributed by atoms with van der Waals surface area (Å²) >= 11 is 0. The number of ether oxygens (including phenoxy) is 1. The fourth-order valence-electron chi connectivity index (χ4n) is 3.68. The molecule has 8 heteroatoms. The number of piperazine rings is 1. The first-order valence-electron chi connectivity index (χ1n) is 10.7. The van der Waals surface area contributed by atoms with Crippen molar-refractivity contribution in [3.05, 3.63) is 59.7 Å². The molecule has 0 bridgehead atoms. The normalized spacial score (nSPS) is 13.4. The summed E-state index contributed by atoms with van der Waals surface area (Å²) in [6.07, 6.45) is 0.255. The molecule has 0 radical (unpaired) electrons. The van der Waals surface area contributed by atoms with Crippen molar-refractivity contribution >= 4 is 23.4 Å². The second-order valence-corrected chi connectivity index (χ2v) is 7.68. The molecule has 3 rings (SSSR count). The number of hydrogen-bond acceptors (Lipinski definition) is 5. The number of benzene rings is 2. The SMILES string of the molecule is COc1ccccc1CN(CCC(=O)N1CCNCC1)C(=O)c1ccc(NC(C)=O)cc1. The Morgan fingerprint density at radius 1 is 1.06 bits per heavy atom. The minimum Gasteiger partial charge on any atom is -0.496 e. The van der Waals surface area contributed by atoms with Gasteiger partial charge in [-0.1, -0.05) is 18.2 Å². The van der Waals surface area contributed by atoms with Gasteiger partial charge < -0.3 is 25.2 Å². The number of carbonyl (C=O) groups excluding carboxylic acids is 3. The van der Waals surface area contributed by atoms with Gasteiger partial charge in [0.2, 0.25) is 11.8 Å². The van der Waals surface area contributed by atoms with Crippen molar-refractivity contribution in [3.8, 4) is 5.75 Å². The topological polar surface area (TPSA) is 91.0 Å². The van der Waals surface area contributed by atoms with Gasteiger partial charge in [-0.25, -0.2) is 0 Å². The summed E-state index contributed by atoms with van der Waals surface area (Å²) in [5.41, 5.74) is 1.98. The van der Waals surface area contributed by atoms with E-state index in [-0.39, 0.29) is 24.1 Å². The molecule has 0 unspecified atom stereocenters. The summed E-state index contributed by atoms with van der Waals surface area (Å²) in [5, 5.41) is 5.93. The first kappa shape index (κ1) is 23.3. The van der Waals surface area contributed by atoms with Gasteiger partial charge in [-0.2, -0.15) is 0 Å². The molecule has 2 aromatic rings. The number of hydrogen-bond donors (Lipinski definition) is 2. The highest BCUT2D eigenvalue weighted by atomic mass is 16.5. The zero-order valence-electron chi connectivity index (χ0n) is 18.6. The highest BCUT2D eigenvalue weighted by molar-refractivity contribution is 5.95. The Balaban J connectivity index is 1.76. The molecule has 0 saturated carbocycles. The predicted molar refractivity (Wildman–Crippen MR) is 123 cm³/mol. The lowest BCUT2D eigenvalue weighted by molar-refractivity contribution is -0.132. The molecule has 0 aromatic heterocycles. The summed E-state index contributed by atoms with van der Waals surface area (Å²) in [6.45, 7) is 5.00. The number of carbonyl (C=O) groups is 3. The fourth-order valence-corrected chi connectivity index (χ4v) is 3.68. The van der Waals surface area contributed by atoms with Crippen LogP contribution in [0.25, 0.3) is 0 Å². The highest BCUT2D eigenvalue weighted by Gasteiger charge is 2.22. The van der Waals surface area contributed by atoms with Crippen molar-refractivity contribution in [2.24, 2.45) is 0 Å². The van der Waals surface area contributed by atoms with Crippen LogP contribution in [0.15, 0.2) is 48.5 Å². The third kappa shape index (κ3) is 6.31. The Hall–Kier alpha value is -3.39. The van der Waals surface area contributed by atoms with Crippen molar-refractivity contribution in [1.82, 2.24) is 15.1 Å². The van der Waals surface area contributed by atoms with Gasteiger partial charge in [0.25, 0.3) is 5.91 Å². The summed E-state index contributed by atoms with van der Waals surface area (Å²) in [5.74, 6) is 0.386. The van der Waals surface area contributed by atoms with Crippen LogP contribution in [-0.2, 0) is 16.1 Å². The summed E-state index contributed by atoms with van der Waals surface area (Å²) in [7, 11) is 1.60. The minimum atomic E-state index is -0.182. The van der Waals surface area contributed by atoms with E-state index in [1.807, 2.05) is 29.2 Å². The maximum absolute atomic E-state index is 13.3. The van der Waals surface area contributed by atoms with Crippen LogP contribution in [0, 0.1) is 0 Å². The molecule has 170 valence electrons. The van der Waals surface area contributed by atoms with Gasteiger partial charge in [0, 0.05) is 69.4 Å². The van der Waals surface area contributed by atoms with Crippen molar-refractivity contribution in [2.75, 3.05) is 45.2 Å². The Labute approximate surface area is 188 Å². The highest BCUT2D eigenvalue weighted by Crippen LogP contribution is 2.21. The maximum Gasteiger partial charge on any atom is 0.254 e. The van der Waals surface area contributed by atoms with Crippen LogP contribution >= 0.6 is 0 Å². The van der Waals surface area contributed by atoms with Gasteiger partial charge in [-0.15, -0.1) is 0 Å². The molecule has 1 heterocycles. The number of anilines is 1. The number of amides is 3. The van der Waals surface area contributed by atoms with Gasteiger partial charge >= 0.3 is 0 Å². The number of rotatable bonds is 8. The monoisotopic (exact) mass is 438 g/mol. The van der Waals surface area contributed by atoms with Crippen LogP contribution in [0.4, 0.5) is 5.69 Å². The summed E-state index contributed by atoms with van der Waals surface area (Å²) < 4.78 is 5.44. The van der Waals surface area contributed by atoms with E-state index in [4.69, 9.17) is 4.74 Å². The van der Waals surface area contributed by atoms with Crippen LogP contribution in [-0.4, -0.2) is 67.4 Å². The Morgan fingerprint density at radius 2 is 1.75 bits per heavy atom. The molecule has 1 aliphatic heterocycles. The van der Waals surface area contributed by atoms with E-state index < -0.39 is 0 Å². The standard InChI is InChI=1S/C24H30N4O4/c1-18(29)26-21-9-7-19(8-10-21)24(31)28(17-20-5-3-4-6-22(20)32-2)14-11-23(30)27-15-12-25-13-16-27/h3-10,25H,11-17H2,1-2H3,(H,26,29). The Morgan fingerprint density at radius 3 is 2.41 bits per heavy atom. The average Bonchev–Trinajstić information content (AvgIpc) is 2.82. The summed E-state index contributed by atoms with van der Waals surface area (Å²) in [6, 6.07) is 14.3. The van der Waals surface area contributed by atoms with Gasteiger partial charge in [0.1, 0.15) is 5.75 Å². The van der Waals surface area contributed by atoms with Gasteiger partial charge in [-0.3, -0.25) is 14.4 Å². The second kappa shape index (κ2) is 11.3. The second-order valence-electron chi connectivity index (χ2n) is 7.68. The molecule has 0 atom stereocenters. The largest absolute Gasteiger partial charge is 0.496 e. The zero-order chi connectivity index (χ0) is 22.9. The summed E-state index contributed by atoms with van der Waals surface area (Å²) in [4.78, 5) is 40.8. The van der Waals surface area contributed by atoms with Crippen molar-refractivity contribution in [2.45, 2.75) is 19.9 Å². The molecule has 2 aromatic carbocycles. The quantitative estimate of drug-likeness (QED) is 0.659. The zero-order valence-corrected chi connectivity index (χ0v) is 18.6. The molecular formula is C24H30N4O4. The molecule has 1 aliphatic rings. The average molecular weight is 439 g/mol. The van der Waals surface area contributed by atoms with E-state index in [9.17, 15) is 14.4 Å². The van der Waals surface area contributed by atoms with Crippen LogP contribution in [0.5, 0.6) is 5.75 Å². The van der Waals surface area contributed by atoms with Crippen molar-refractivity contribution < 1.29 is 19.1 Å². The van der Waals surface area contributed by atoms with Gasteiger partial charge in [0.05, 0.1) is 7.11 Å². The van der Waals surface area contributed by atoms with Crippen LogP contribution in [0.1, 0.15) is 29.3 Å². The molecule has 1 saturated heterocycles. The fraction of sp³-hybridized carbons (Fsp3) is 0.375. The molecule has 2 N–H and O–H groups in total. The van der Waals surface area contributed by atoms with E-state index in [1.54, 1.807) is 36.3 Å². The number of para-hydroxylation sites is 1. The van der Waals surface area contributed by atoms with Crippen molar-refractivity contribution in [1.29, 1.82) is 0 Å². The van der Waals surface area contributed by atoms with Crippen LogP contribution in [0.2, 0.25) is 0 Å². The molecular weight excluding hydrogens is 408 g/mol. The number of nitrogens with one attached hydrogen (secondary N) is 2. The molecule has 3 amide bonds. The van der Waals surface area contributed by atoms with Gasteiger partial charge in [0.15, 0.2) is 0 Å². The lowest BCUT2D eigenvalue weighted by Gasteiger charge is -2.29. The Bertz CT molecular complexity index is 939. The maximum atomic E-state index is 13.3. The number of methoxy groups -OCH3 is 1. The van der Waals surface area contributed by atoms with Crippen LogP contribution in [0.3, 0.4) is 0 Å². The minimum absolute atomic E-state index is 0.0466. The smallest absolute Gasteiger partial charge is 0.254 e. The number of nitrogens with zero attached hydrogens (tertiary/aromatic N) is 2. The van der Waals surface area contributed by atoms with E-state index in [1.165, 1.54) is 6.92 Å². The third-order valence-electron chi connectivity index (χ3n) is 5.36. The predicted octanol–water partition coefficient (Wildman–Crippen LogP) is 2.12. The molecule has 8 nitrogen and oxygen atoms in total. The molecule has 1 fully saturated rings. The van der Waals surface area contributed by atoms with Crippen LogP contribution < -0.4 is 15.4 Å². The lowest BCUT2D eigenvalue weighted by Crippen LogP contribution is -2.47. The first-order valence-corrected chi connectivity index (χ1v) is 10.7. The molecule has 0 spiro atoms. The van der Waals surface area contributed by atoms with E-state index >= 15 is 0 Å².